The maximum Gasteiger partial charge on any atom is 0.271 e. The lowest BCUT2D eigenvalue weighted by Crippen LogP contribution is -2.32. The van der Waals surface area contributed by atoms with Crippen LogP contribution in [0.4, 0.5) is 0 Å². The molecule has 0 spiro atoms. The molecule has 128 valence electrons. The molecule has 24 heavy (non-hydrogen) atoms. The Kier molecular flexibility index (Phi) is 5.03. The van der Waals surface area contributed by atoms with Gasteiger partial charge in [-0.1, -0.05) is 43.2 Å². The van der Waals surface area contributed by atoms with Crippen LogP contribution in [-0.2, 0) is 13.0 Å². The molecule has 4 nitrogen and oxygen atoms in total. The Labute approximate surface area is 144 Å². The largest absolute Gasteiger partial charge is 0.348 e. The SMILES string of the molecule is CCC(C)NC(=O)c1nc(-c2ccc(C)cc2)n2c1CCCCC2. The summed E-state index contributed by atoms with van der Waals surface area (Å²) < 4.78 is 2.27. The molecule has 4 heteroatoms. The second-order valence-corrected chi connectivity index (χ2v) is 6.84. The van der Waals surface area contributed by atoms with E-state index in [0.717, 1.165) is 49.3 Å². The quantitative estimate of drug-likeness (QED) is 0.919. The van der Waals surface area contributed by atoms with E-state index < -0.39 is 0 Å². The summed E-state index contributed by atoms with van der Waals surface area (Å²) in [5, 5.41) is 3.08. The third kappa shape index (κ3) is 3.37. The number of aromatic nitrogens is 2. The molecule has 0 aliphatic carbocycles. The number of fused-ring (bicyclic) bond motifs is 1. The van der Waals surface area contributed by atoms with Crippen LogP contribution in [0.5, 0.6) is 0 Å². The van der Waals surface area contributed by atoms with Gasteiger partial charge in [-0.3, -0.25) is 4.79 Å². The standard InChI is InChI=1S/C20H27N3O/c1-4-15(3)21-20(24)18-17-8-6-5-7-13-23(17)19(22-18)16-11-9-14(2)10-12-16/h9-12,15H,4-8,13H2,1-3H3,(H,21,24). The summed E-state index contributed by atoms with van der Waals surface area (Å²) in [7, 11) is 0. The maximum absolute atomic E-state index is 12.7. The summed E-state index contributed by atoms with van der Waals surface area (Å²) in [6, 6.07) is 8.58. The average molecular weight is 325 g/mol. The highest BCUT2D eigenvalue weighted by atomic mass is 16.2. The molecular weight excluding hydrogens is 298 g/mol. The Morgan fingerprint density at radius 2 is 2.00 bits per heavy atom. The molecule has 1 aromatic heterocycles. The van der Waals surface area contributed by atoms with E-state index in [9.17, 15) is 4.79 Å². The summed E-state index contributed by atoms with van der Waals surface area (Å²) in [4.78, 5) is 17.5. The molecule has 2 aromatic rings. The number of amides is 1. The fourth-order valence-corrected chi connectivity index (χ4v) is 3.22. The number of hydrogen-bond donors (Lipinski definition) is 1. The first-order valence-corrected chi connectivity index (χ1v) is 9.07. The van der Waals surface area contributed by atoms with Crippen molar-refractivity contribution in [3.63, 3.8) is 0 Å². The Morgan fingerprint density at radius 1 is 1.25 bits per heavy atom. The Balaban J connectivity index is 2.03. The summed E-state index contributed by atoms with van der Waals surface area (Å²) in [5.41, 5.74) is 4.04. The van der Waals surface area contributed by atoms with Gasteiger partial charge >= 0.3 is 0 Å². The zero-order valence-corrected chi connectivity index (χ0v) is 14.9. The minimum absolute atomic E-state index is 0.0339. The van der Waals surface area contributed by atoms with Crippen LogP contribution in [0.15, 0.2) is 24.3 Å². The lowest BCUT2D eigenvalue weighted by atomic mass is 10.1. The zero-order valence-electron chi connectivity index (χ0n) is 14.9. The van der Waals surface area contributed by atoms with Gasteiger partial charge in [0.05, 0.1) is 5.69 Å². The molecular formula is C20H27N3O. The van der Waals surface area contributed by atoms with Gasteiger partial charge in [-0.05, 0) is 39.5 Å². The monoisotopic (exact) mass is 325 g/mol. The lowest BCUT2D eigenvalue weighted by Gasteiger charge is -2.11. The first-order chi connectivity index (χ1) is 11.6. The smallest absolute Gasteiger partial charge is 0.271 e. The minimum Gasteiger partial charge on any atom is -0.348 e. The van der Waals surface area contributed by atoms with Gasteiger partial charge in [0.15, 0.2) is 0 Å². The van der Waals surface area contributed by atoms with Crippen LogP contribution in [0.3, 0.4) is 0 Å². The maximum atomic E-state index is 12.7. The summed E-state index contributed by atoms with van der Waals surface area (Å²) in [5.74, 6) is 0.898. The zero-order chi connectivity index (χ0) is 17.1. The van der Waals surface area contributed by atoms with E-state index in [-0.39, 0.29) is 11.9 Å². The third-order valence-corrected chi connectivity index (χ3v) is 4.88. The van der Waals surface area contributed by atoms with Crippen molar-refractivity contribution in [2.45, 2.75) is 65.5 Å². The molecule has 1 aliphatic heterocycles. The Bertz CT molecular complexity index is 715. The molecule has 1 aliphatic rings. The van der Waals surface area contributed by atoms with E-state index in [1.165, 1.54) is 12.0 Å². The second kappa shape index (κ2) is 7.20. The van der Waals surface area contributed by atoms with Gasteiger partial charge in [0, 0.05) is 18.2 Å². The van der Waals surface area contributed by atoms with Crippen molar-refractivity contribution in [3.05, 3.63) is 41.2 Å². The summed E-state index contributed by atoms with van der Waals surface area (Å²) in [6.45, 7) is 7.15. The Morgan fingerprint density at radius 3 is 2.71 bits per heavy atom. The molecule has 3 rings (SSSR count). The molecule has 0 fully saturated rings. The third-order valence-electron chi connectivity index (χ3n) is 4.88. The topological polar surface area (TPSA) is 46.9 Å². The van der Waals surface area contributed by atoms with E-state index in [4.69, 9.17) is 4.98 Å². The van der Waals surface area contributed by atoms with Crippen molar-refractivity contribution in [2.24, 2.45) is 0 Å². The molecule has 0 saturated carbocycles. The molecule has 1 atom stereocenters. The molecule has 2 heterocycles. The van der Waals surface area contributed by atoms with Crippen molar-refractivity contribution < 1.29 is 4.79 Å². The lowest BCUT2D eigenvalue weighted by molar-refractivity contribution is 0.0933. The number of carbonyl (C=O) groups excluding carboxylic acids is 1. The van der Waals surface area contributed by atoms with Crippen molar-refractivity contribution in [3.8, 4) is 11.4 Å². The predicted octanol–water partition coefficient (Wildman–Crippen LogP) is 4.11. The summed E-state index contributed by atoms with van der Waals surface area (Å²) >= 11 is 0. The van der Waals surface area contributed by atoms with E-state index in [0.29, 0.717) is 5.69 Å². The van der Waals surface area contributed by atoms with Gasteiger partial charge in [0.25, 0.3) is 5.91 Å². The number of imidazole rings is 1. The first kappa shape index (κ1) is 16.7. The fraction of sp³-hybridized carbons (Fsp3) is 0.500. The molecule has 0 bridgehead atoms. The van der Waals surface area contributed by atoms with Crippen LogP contribution >= 0.6 is 0 Å². The highest BCUT2D eigenvalue weighted by Crippen LogP contribution is 2.27. The number of rotatable bonds is 4. The van der Waals surface area contributed by atoms with E-state index in [1.807, 2.05) is 6.92 Å². The average Bonchev–Trinajstić information content (AvgIpc) is 2.77. The van der Waals surface area contributed by atoms with Gasteiger partial charge in [0.1, 0.15) is 11.5 Å². The molecule has 1 aromatic carbocycles. The van der Waals surface area contributed by atoms with Gasteiger partial charge in [-0.2, -0.15) is 0 Å². The van der Waals surface area contributed by atoms with Crippen LogP contribution in [0.2, 0.25) is 0 Å². The van der Waals surface area contributed by atoms with Gasteiger partial charge in [-0.25, -0.2) is 4.98 Å². The minimum atomic E-state index is -0.0339. The van der Waals surface area contributed by atoms with E-state index in [2.05, 4.69) is 48.0 Å². The Hall–Kier alpha value is -2.10. The van der Waals surface area contributed by atoms with Crippen LogP contribution in [0.25, 0.3) is 11.4 Å². The molecule has 1 unspecified atom stereocenters. The second-order valence-electron chi connectivity index (χ2n) is 6.84. The first-order valence-electron chi connectivity index (χ1n) is 9.07. The number of benzene rings is 1. The number of hydrogen-bond acceptors (Lipinski definition) is 2. The number of carbonyl (C=O) groups is 1. The number of aryl methyl sites for hydroxylation is 1. The van der Waals surface area contributed by atoms with Crippen LogP contribution in [0, 0.1) is 6.92 Å². The summed E-state index contributed by atoms with van der Waals surface area (Å²) in [6.07, 6.45) is 5.34. The molecule has 0 saturated heterocycles. The normalized spacial score (nSPS) is 15.5. The van der Waals surface area contributed by atoms with Gasteiger partial charge in [-0.15, -0.1) is 0 Å². The highest BCUT2D eigenvalue weighted by molar-refractivity contribution is 5.94. The van der Waals surface area contributed by atoms with E-state index >= 15 is 0 Å². The van der Waals surface area contributed by atoms with Gasteiger partial charge < -0.3 is 9.88 Å². The van der Waals surface area contributed by atoms with Crippen LogP contribution in [-0.4, -0.2) is 21.5 Å². The van der Waals surface area contributed by atoms with Crippen molar-refractivity contribution in [1.82, 2.24) is 14.9 Å². The van der Waals surface area contributed by atoms with Gasteiger partial charge in [0.2, 0.25) is 0 Å². The molecule has 1 N–H and O–H groups in total. The van der Waals surface area contributed by atoms with Crippen LogP contribution < -0.4 is 5.32 Å². The van der Waals surface area contributed by atoms with E-state index in [1.54, 1.807) is 0 Å². The fourth-order valence-electron chi connectivity index (χ4n) is 3.22. The molecule has 1 amide bonds. The number of nitrogens with zero attached hydrogens (tertiary/aromatic N) is 2. The van der Waals surface area contributed by atoms with Crippen molar-refractivity contribution in [2.75, 3.05) is 0 Å². The highest BCUT2D eigenvalue weighted by Gasteiger charge is 2.24. The van der Waals surface area contributed by atoms with Crippen LogP contribution in [0.1, 0.15) is 61.3 Å². The number of nitrogens with one attached hydrogen (secondary N) is 1. The van der Waals surface area contributed by atoms with Crippen molar-refractivity contribution in [1.29, 1.82) is 0 Å². The predicted molar refractivity (Wildman–Crippen MR) is 97.2 cm³/mol. The molecule has 0 radical (unpaired) electrons. The van der Waals surface area contributed by atoms with Crippen molar-refractivity contribution >= 4 is 5.91 Å².